The van der Waals surface area contributed by atoms with Crippen molar-refractivity contribution in [3.63, 3.8) is 0 Å². The number of nitrogens with zero attached hydrogens (tertiary/aromatic N) is 4. The highest BCUT2D eigenvalue weighted by Gasteiger charge is 2.46. The highest BCUT2D eigenvalue weighted by molar-refractivity contribution is 7.89. The van der Waals surface area contributed by atoms with Gasteiger partial charge in [0.15, 0.2) is 0 Å². The van der Waals surface area contributed by atoms with Gasteiger partial charge in [0.25, 0.3) is 5.91 Å². The number of likely N-dealkylation sites (N-methyl/N-ethyl adjacent to an activating group) is 1. The summed E-state index contributed by atoms with van der Waals surface area (Å²) < 4.78 is 67.2. The van der Waals surface area contributed by atoms with Gasteiger partial charge in [-0.05, 0) is 45.7 Å². The number of hydrogen-bond acceptors (Lipinski definition) is 7. The lowest BCUT2D eigenvalue weighted by molar-refractivity contribution is -0.148. The number of alkyl halides is 2. The predicted molar refractivity (Wildman–Crippen MR) is 125 cm³/mol. The molecular formula is C23H34F2N4O5S. The van der Waals surface area contributed by atoms with Crippen LogP contribution in [0.25, 0.3) is 0 Å². The minimum atomic E-state index is -4.16. The fourth-order valence-electron chi connectivity index (χ4n) is 5.13. The molecule has 0 N–H and O–H groups in total. The summed E-state index contributed by atoms with van der Waals surface area (Å²) >= 11 is 0. The van der Waals surface area contributed by atoms with Crippen LogP contribution in [0.4, 0.5) is 14.6 Å². The number of rotatable bonds is 5. The minimum absolute atomic E-state index is 0.00645. The molecule has 3 aliphatic rings. The molecule has 2 aliphatic heterocycles. The van der Waals surface area contributed by atoms with Crippen molar-refractivity contribution in [2.24, 2.45) is 0 Å². The second kappa shape index (κ2) is 9.87. The highest BCUT2D eigenvalue weighted by Crippen LogP contribution is 2.36. The van der Waals surface area contributed by atoms with Crippen LogP contribution >= 0.6 is 0 Å². The summed E-state index contributed by atoms with van der Waals surface area (Å²) in [5.74, 6) is -2.94. The van der Waals surface area contributed by atoms with Crippen LogP contribution < -0.4 is 4.90 Å². The van der Waals surface area contributed by atoms with Gasteiger partial charge in [-0.25, -0.2) is 22.2 Å². The number of morpholine rings is 1. The van der Waals surface area contributed by atoms with E-state index in [1.165, 1.54) is 18.0 Å². The van der Waals surface area contributed by atoms with Gasteiger partial charge in [0.1, 0.15) is 10.7 Å². The number of hydrogen-bond donors (Lipinski definition) is 0. The summed E-state index contributed by atoms with van der Waals surface area (Å²) in [4.78, 5) is 21.2. The smallest absolute Gasteiger partial charge is 0.268 e. The maximum Gasteiger partial charge on any atom is 0.268 e. The van der Waals surface area contributed by atoms with Gasteiger partial charge in [0.05, 0.1) is 31.9 Å². The Kier molecular flexibility index (Phi) is 7.38. The Balaban J connectivity index is 1.62. The lowest BCUT2D eigenvalue weighted by Crippen LogP contribution is -2.52. The van der Waals surface area contributed by atoms with Crippen molar-refractivity contribution in [2.75, 3.05) is 38.3 Å². The molecule has 3 heterocycles. The molecule has 0 radical (unpaired) electrons. The first kappa shape index (κ1) is 26.2. The Morgan fingerprint density at radius 2 is 1.80 bits per heavy atom. The summed E-state index contributed by atoms with van der Waals surface area (Å²) in [7, 11) is -2.64. The van der Waals surface area contributed by atoms with Crippen LogP contribution in [0.15, 0.2) is 17.0 Å². The zero-order chi connectivity index (χ0) is 25.5. The normalized spacial score (nSPS) is 28.3. The second-order valence-corrected chi connectivity index (χ2v) is 11.7. The lowest BCUT2D eigenvalue weighted by atomic mass is 9.91. The third-order valence-corrected chi connectivity index (χ3v) is 8.99. The molecule has 196 valence electrons. The monoisotopic (exact) mass is 516 g/mol. The van der Waals surface area contributed by atoms with Crippen LogP contribution in [0.1, 0.15) is 45.2 Å². The van der Waals surface area contributed by atoms with Crippen LogP contribution in [0.2, 0.25) is 0 Å². The number of carbonyl (C=O) groups excluding carboxylic acids is 1. The van der Waals surface area contributed by atoms with Gasteiger partial charge >= 0.3 is 0 Å². The van der Waals surface area contributed by atoms with Crippen LogP contribution in [0.5, 0.6) is 0 Å². The summed E-state index contributed by atoms with van der Waals surface area (Å²) in [5.41, 5.74) is 0.670. The van der Waals surface area contributed by atoms with Crippen LogP contribution in [-0.4, -0.2) is 92.2 Å². The third-order valence-electron chi connectivity index (χ3n) is 7.12. The van der Waals surface area contributed by atoms with E-state index in [0.29, 0.717) is 24.7 Å². The first-order valence-corrected chi connectivity index (χ1v) is 13.5. The molecule has 35 heavy (non-hydrogen) atoms. The van der Waals surface area contributed by atoms with Crippen molar-refractivity contribution in [2.45, 2.75) is 81.6 Å². The van der Waals surface area contributed by atoms with Gasteiger partial charge in [0, 0.05) is 38.2 Å². The van der Waals surface area contributed by atoms with Gasteiger partial charge in [-0.3, -0.25) is 4.79 Å². The fourth-order valence-corrected chi connectivity index (χ4v) is 6.72. The average Bonchev–Trinajstić information content (AvgIpc) is 3.29. The molecule has 0 bridgehead atoms. The van der Waals surface area contributed by atoms with Crippen molar-refractivity contribution in [1.82, 2.24) is 14.2 Å². The molecule has 12 heteroatoms. The Bertz CT molecular complexity index is 1040. The second-order valence-electron chi connectivity index (χ2n) is 9.79. The summed E-state index contributed by atoms with van der Waals surface area (Å²) in [6.07, 6.45) is -1.61. The van der Waals surface area contributed by atoms with E-state index in [0.717, 1.165) is 4.31 Å². The number of carbonyl (C=O) groups is 1. The lowest BCUT2D eigenvalue weighted by Gasteiger charge is -2.41. The van der Waals surface area contributed by atoms with Crippen LogP contribution in [-0.2, 0) is 24.3 Å². The predicted octanol–water partition coefficient (Wildman–Crippen LogP) is 2.39. The zero-order valence-corrected chi connectivity index (χ0v) is 21.4. The third kappa shape index (κ3) is 5.16. The van der Waals surface area contributed by atoms with Crippen molar-refractivity contribution >= 4 is 21.7 Å². The topological polar surface area (TPSA) is 92.3 Å². The molecule has 1 saturated carbocycles. The van der Waals surface area contributed by atoms with E-state index < -0.39 is 28.1 Å². The number of sulfonamides is 1. The van der Waals surface area contributed by atoms with Gasteiger partial charge in [-0.1, -0.05) is 0 Å². The molecule has 3 fully saturated rings. The Hall–Kier alpha value is -1.89. The van der Waals surface area contributed by atoms with E-state index in [4.69, 9.17) is 9.47 Å². The molecular weight excluding hydrogens is 482 g/mol. The maximum atomic E-state index is 13.9. The van der Waals surface area contributed by atoms with E-state index in [1.807, 2.05) is 18.7 Å². The number of aromatic nitrogens is 1. The Morgan fingerprint density at radius 1 is 1.17 bits per heavy atom. The molecule has 1 amide bonds. The summed E-state index contributed by atoms with van der Waals surface area (Å²) in [6.45, 7) is 6.65. The zero-order valence-electron chi connectivity index (χ0n) is 20.6. The molecule has 9 nitrogen and oxygen atoms in total. The van der Waals surface area contributed by atoms with E-state index in [9.17, 15) is 22.0 Å². The van der Waals surface area contributed by atoms with Crippen LogP contribution in [0.3, 0.4) is 0 Å². The highest BCUT2D eigenvalue weighted by atomic mass is 32.2. The summed E-state index contributed by atoms with van der Waals surface area (Å²) in [6, 6.07) is 2.58. The van der Waals surface area contributed by atoms with Gasteiger partial charge in [0.2, 0.25) is 22.2 Å². The number of halogens is 2. The average molecular weight is 517 g/mol. The van der Waals surface area contributed by atoms with E-state index >= 15 is 0 Å². The fraction of sp³-hybridized carbons (Fsp3) is 0.739. The molecule has 1 aromatic rings. The quantitative estimate of drug-likeness (QED) is 0.593. The van der Waals surface area contributed by atoms with E-state index in [-0.39, 0.29) is 61.9 Å². The largest absolute Gasteiger partial charge is 0.377 e. The van der Waals surface area contributed by atoms with Crippen molar-refractivity contribution in [1.29, 1.82) is 0 Å². The first-order valence-electron chi connectivity index (χ1n) is 12.0. The van der Waals surface area contributed by atoms with Crippen molar-refractivity contribution in [3.05, 3.63) is 17.8 Å². The number of aryl methyl sites for hydroxylation is 1. The molecule has 2 saturated heterocycles. The van der Waals surface area contributed by atoms with E-state index in [2.05, 4.69) is 4.98 Å². The van der Waals surface area contributed by atoms with Gasteiger partial charge in [-0.2, -0.15) is 4.31 Å². The number of anilines is 1. The molecule has 3 atom stereocenters. The molecule has 0 aromatic carbocycles. The standard InChI is InChI=1S/C23H34F2N4O5S/c1-15-5-6-19(20(26-15)29-16(2)13-33-14-17(29)3)35(31,32)28-11-12-34-22(28)21(30)27(4)18-7-9-23(24,25)10-8-18/h5-6,16-18,22H,7-14H2,1-4H3/t16-,17-,22+/m0/s1. The van der Waals surface area contributed by atoms with Gasteiger partial charge < -0.3 is 19.3 Å². The number of pyridine rings is 1. The van der Waals surface area contributed by atoms with Gasteiger partial charge in [-0.15, -0.1) is 0 Å². The molecule has 1 aromatic heterocycles. The maximum absolute atomic E-state index is 13.9. The number of amides is 1. The first-order chi connectivity index (χ1) is 16.4. The number of ether oxygens (including phenoxy) is 2. The van der Waals surface area contributed by atoms with Crippen molar-refractivity contribution in [3.8, 4) is 0 Å². The van der Waals surface area contributed by atoms with Crippen LogP contribution in [0, 0.1) is 6.92 Å². The Morgan fingerprint density at radius 3 is 2.43 bits per heavy atom. The Labute approximate surface area is 205 Å². The summed E-state index contributed by atoms with van der Waals surface area (Å²) in [5, 5.41) is 0. The molecule has 1 aliphatic carbocycles. The van der Waals surface area contributed by atoms with E-state index in [1.54, 1.807) is 13.0 Å². The molecule has 0 spiro atoms. The molecule has 4 rings (SSSR count). The minimum Gasteiger partial charge on any atom is -0.377 e. The van der Waals surface area contributed by atoms with Crippen molar-refractivity contribution < 1.29 is 31.5 Å². The molecule has 0 unspecified atom stereocenters. The SMILES string of the molecule is Cc1ccc(S(=O)(=O)N2CCO[C@@H]2C(=O)N(C)C2CCC(F)(F)CC2)c(N2[C@@H](C)COC[C@@H]2C)n1.